The molecule has 4 amide bonds. The number of anilines is 1. The summed E-state index contributed by atoms with van der Waals surface area (Å²) in [4.78, 5) is 55.8. The van der Waals surface area contributed by atoms with Gasteiger partial charge in [-0.05, 0) is 61.1 Å². The third-order valence-electron chi connectivity index (χ3n) is 7.92. The monoisotopic (exact) mass is 521 g/mol. The van der Waals surface area contributed by atoms with E-state index in [9.17, 15) is 19.2 Å². The maximum absolute atomic E-state index is 13.8. The number of rotatable bonds is 10. The van der Waals surface area contributed by atoms with Gasteiger partial charge < -0.3 is 20.4 Å². The second kappa shape index (κ2) is 12.4. The van der Waals surface area contributed by atoms with E-state index in [1.54, 1.807) is 16.8 Å². The molecule has 0 bridgehead atoms. The fraction of sp³-hybridized carbons (Fsp3) is 0.517. The lowest BCUT2D eigenvalue weighted by molar-refractivity contribution is -0.141. The largest absolute Gasteiger partial charge is 0.350 e. The molecular formula is C29H39N5O4. The summed E-state index contributed by atoms with van der Waals surface area (Å²) in [5.74, 6) is -0.145. The van der Waals surface area contributed by atoms with Crippen LogP contribution >= 0.6 is 0 Å². The van der Waals surface area contributed by atoms with Gasteiger partial charge in [-0.25, -0.2) is 0 Å². The first-order chi connectivity index (χ1) is 18.3. The highest BCUT2D eigenvalue weighted by Gasteiger charge is 2.41. The van der Waals surface area contributed by atoms with Crippen LogP contribution in [0.15, 0.2) is 42.5 Å². The molecular weight excluding hydrogens is 482 g/mol. The minimum Gasteiger partial charge on any atom is -0.350 e. The predicted octanol–water partition coefficient (Wildman–Crippen LogP) is 2.46. The lowest BCUT2D eigenvalue weighted by Gasteiger charge is -2.37. The summed E-state index contributed by atoms with van der Waals surface area (Å²) in [5, 5.41) is 7.63. The van der Waals surface area contributed by atoms with Crippen molar-refractivity contribution in [1.29, 1.82) is 0 Å². The van der Waals surface area contributed by atoms with Crippen LogP contribution in [0.3, 0.4) is 0 Å². The molecule has 2 aromatic rings. The van der Waals surface area contributed by atoms with Crippen molar-refractivity contribution < 1.29 is 19.2 Å². The van der Waals surface area contributed by atoms with Gasteiger partial charge in [0, 0.05) is 31.9 Å². The molecule has 2 fully saturated rings. The lowest BCUT2D eigenvalue weighted by atomic mass is 10.0. The number of hydrogen-bond donors (Lipinski definition) is 2. The first kappa shape index (κ1) is 27.6. The minimum atomic E-state index is -0.490. The van der Waals surface area contributed by atoms with Crippen LogP contribution in [0.1, 0.15) is 39.5 Å². The van der Waals surface area contributed by atoms with Crippen molar-refractivity contribution >= 4 is 40.6 Å². The van der Waals surface area contributed by atoms with Gasteiger partial charge in [-0.3, -0.25) is 24.1 Å². The van der Waals surface area contributed by atoms with Gasteiger partial charge in [-0.1, -0.05) is 44.2 Å². The van der Waals surface area contributed by atoms with Gasteiger partial charge in [0.05, 0.1) is 12.6 Å². The van der Waals surface area contributed by atoms with E-state index < -0.39 is 6.04 Å². The van der Waals surface area contributed by atoms with Crippen molar-refractivity contribution in [2.45, 2.75) is 57.7 Å². The topological polar surface area (TPSA) is 102 Å². The van der Waals surface area contributed by atoms with Crippen LogP contribution in [0.4, 0.5) is 5.69 Å². The summed E-state index contributed by atoms with van der Waals surface area (Å²) in [7, 11) is 1.75. The molecule has 1 unspecified atom stereocenters. The molecule has 2 heterocycles. The standard InChI is InChI=1S/C29H39N5O4/c1-20(2)26(32(3)27(36)17-30-19-35)18-33-14-6-11-25(33)29(38)34-15-7-10-24(34)28(37)31-23-13-12-21-8-4-5-9-22(21)16-23/h4-5,8-9,12-13,16,19-20,24-26H,6-7,10-11,14-15,17-18H2,1-3H3,(H,30,35)(H,31,37)/t24?,25-,26+/m0/s1. The van der Waals surface area contributed by atoms with Gasteiger partial charge in [0.1, 0.15) is 6.04 Å². The van der Waals surface area contributed by atoms with Gasteiger partial charge in [-0.2, -0.15) is 0 Å². The van der Waals surface area contributed by atoms with Crippen LogP contribution in [0.25, 0.3) is 10.8 Å². The number of hydrogen-bond acceptors (Lipinski definition) is 5. The summed E-state index contributed by atoms with van der Waals surface area (Å²) in [6, 6.07) is 13.0. The van der Waals surface area contributed by atoms with E-state index in [1.165, 1.54) is 0 Å². The van der Waals surface area contributed by atoms with Crippen LogP contribution in [-0.4, -0.2) is 90.2 Å². The Bertz CT molecular complexity index is 1170. The molecule has 4 rings (SSSR count). The Morgan fingerprint density at radius 1 is 1.03 bits per heavy atom. The average molecular weight is 522 g/mol. The van der Waals surface area contributed by atoms with Crippen LogP contribution in [-0.2, 0) is 19.2 Å². The Labute approximate surface area is 224 Å². The van der Waals surface area contributed by atoms with Gasteiger partial charge in [0.15, 0.2) is 0 Å². The molecule has 0 saturated carbocycles. The quantitative estimate of drug-likeness (QED) is 0.468. The molecule has 38 heavy (non-hydrogen) atoms. The number of carbonyl (C=O) groups excluding carboxylic acids is 4. The average Bonchev–Trinajstić information content (AvgIpc) is 3.59. The number of nitrogens with zero attached hydrogens (tertiary/aromatic N) is 3. The minimum absolute atomic E-state index is 0.00207. The van der Waals surface area contributed by atoms with Crippen LogP contribution in [0, 0.1) is 5.92 Å². The summed E-state index contributed by atoms with van der Waals surface area (Å²) < 4.78 is 0. The second-order valence-corrected chi connectivity index (χ2v) is 10.7. The van der Waals surface area contributed by atoms with E-state index >= 15 is 0 Å². The van der Waals surface area contributed by atoms with Crippen molar-refractivity contribution in [1.82, 2.24) is 20.0 Å². The van der Waals surface area contributed by atoms with Gasteiger partial charge >= 0.3 is 0 Å². The van der Waals surface area contributed by atoms with E-state index in [0.717, 1.165) is 42.3 Å². The van der Waals surface area contributed by atoms with Crippen LogP contribution in [0.5, 0.6) is 0 Å². The molecule has 2 N–H and O–H groups in total. The van der Waals surface area contributed by atoms with E-state index in [2.05, 4.69) is 29.4 Å². The van der Waals surface area contributed by atoms with Crippen LogP contribution < -0.4 is 10.6 Å². The van der Waals surface area contributed by atoms with E-state index in [-0.39, 0.29) is 42.3 Å². The number of amides is 4. The third kappa shape index (κ3) is 6.15. The SMILES string of the molecule is CC(C)[C@@H](CN1CCC[C@H]1C(=O)N1CCCC1C(=O)Nc1ccc2ccccc2c1)N(C)C(=O)CNC=O. The van der Waals surface area contributed by atoms with Crippen molar-refractivity contribution in [2.75, 3.05) is 38.5 Å². The number of benzene rings is 2. The molecule has 3 atom stereocenters. The van der Waals surface area contributed by atoms with Crippen molar-refractivity contribution in [3.63, 3.8) is 0 Å². The zero-order chi connectivity index (χ0) is 27.2. The van der Waals surface area contributed by atoms with E-state index in [4.69, 9.17) is 0 Å². The van der Waals surface area contributed by atoms with E-state index in [1.807, 2.05) is 42.5 Å². The highest BCUT2D eigenvalue weighted by Crippen LogP contribution is 2.27. The van der Waals surface area contributed by atoms with Crippen molar-refractivity contribution in [3.8, 4) is 0 Å². The number of carbonyl (C=O) groups is 4. The molecule has 0 spiro atoms. The normalized spacial score (nSPS) is 20.5. The first-order valence-electron chi connectivity index (χ1n) is 13.6. The molecule has 0 aromatic heterocycles. The van der Waals surface area contributed by atoms with Gasteiger partial charge in [0.2, 0.25) is 24.1 Å². The predicted molar refractivity (Wildman–Crippen MR) is 147 cm³/mol. The fourth-order valence-corrected chi connectivity index (χ4v) is 5.77. The van der Waals surface area contributed by atoms with Gasteiger partial charge in [-0.15, -0.1) is 0 Å². The zero-order valence-electron chi connectivity index (χ0n) is 22.6. The smallest absolute Gasteiger partial charge is 0.247 e. The molecule has 2 saturated heterocycles. The molecule has 0 radical (unpaired) electrons. The zero-order valence-corrected chi connectivity index (χ0v) is 22.6. The highest BCUT2D eigenvalue weighted by atomic mass is 16.2. The Morgan fingerprint density at radius 3 is 2.47 bits per heavy atom. The highest BCUT2D eigenvalue weighted by molar-refractivity contribution is 5.99. The molecule has 0 aliphatic carbocycles. The summed E-state index contributed by atoms with van der Waals surface area (Å²) in [6.45, 7) is 5.98. The van der Waals surface area contributed by atoms with Crippen molar-refractivity contribution in [3.05, 3.63) is 42.5 Å². The first-order valence-corrected chi connectivity index (χ1v) is 13.6. The van der Waals surface area contributed by atoms with Crippen LogP contribution in [0.2, 0.25) is 0 Å². The number of likely N-dealkylation sites (tertiary alicyclic amines) is 2. The maximum atomic E-state index is 13.8. The summed E-state index contributed by atoms with van der Waals surface area (Å²) in [6.07, 6.45) is 3.60. The van der Waals surface area contributed by atoms with E-state index in [0.29, 0.717) is 25.9 Å². The second-order valence-electron chi connectivity index (χ2n) is 10.7. The Balaban J connectivity index is 1.42. The van der Waals surface area contributed by atoms with Gasteiger partial charge in [0.25, 0.3) is 0 Å². The Hall–Kier alpha value is -3.46. The molecule has 2 aliphatic heterocycles. The Kier molecular flexibility index (Phi) is 8.99. The fourth-order valence-electron chi connectivity index (χ4n) is 5.77. The summed E-state index contributed by atoms with van der Waals surface area (Å²) in [5.41, 5.74) is 0.729. The molecule has 2 aliphatic rings. The Morgan fingerprint density at radius 2 is 1.74 bits per heavy atom. The molecule has 204 valence electrons. The maximum Gasteiger partial charge on any atom is 0.247 e. The third-order valence-corrected chi connectivity index (χ3v) is 7.92. The summed E-state index contributed by atoms with van der Waals surface area (Å²) >= 11 is 0. The number of nitrogens with one attached hydrogen (secondary N) is 2. The number of fused-ring (bicyclic) bond motifs is 1. The number of likely N-dealkylation sites (N-methyl/N-ethyl adjacent to an activating group) is 1. The van der Waals surface area contributed by atoms with Crippen molar-refractivity contribution in [2.24, 2.45) is 5.92 Å². The lowest BCUT2D eigenvalue weighted by Crippen LogP contribution is -2.54. The molecule has 2 aromatic carbocycles. The molecule has 9 nitrogen and oxygen atoms in total. The molecule has 9 heteroatoms.